The van der Waals surface area contributed by atoms with Gasteiger partial charge in [0.15, 0.2) is 23.1 Å². The maximum atomic E-state index is 14.5. The second-order valence-corrected chi connectivity index (χ2v) is 15.7. The molecule has 3 aromatic rings. The number of hydrogen-bond donors (Lipinski definition) is 0. The smallest absolute Gasteiger partial charge is 0.201 e. The number of ether oxygens (including phenoxy) is 2. The maximum absolute atomic E-state index is 14.5. The zero-order valence-electron chi connectivity index (χ0n) is 32.1. The SMILES string of the molecule is CCCC1CCC(C2CCC(c3ccc(OCC)c(F)c3F)CC2)CC1.CCCC1CCC(c2ccc(-c3ccc(OCC)c(F)c3F)cc2)CC1. The molecule has 3 aromatic carbocycles. The third-order valence-corrected chi connectivity index (χ3v) is 12.4. The summed E-state index contributed by atoms with van der Waals surface area (Å²) in [6, 6.07) is 14.4. The first kappa shape index (κ1) is 40.2. The lowest BCUT2D eigenvalue weighted by Crippen LogP contribution is -2.25. The van der Waals surface area contributed by atoms with Crippen LogP contribution in [-0.2, 0) is 0 Å². The first-order valence-electron chi connectivity index (χ1n) is 20.6. The molecule has 0 radical (unpaired) electrons. The van der Waals surface area contributed by atoms with Gasteiger partial charge in [0.25, 0.3) is 0 Å². The number of benzene rings is 3. The molecule has 0 aromatic heterocycles. The van der Waals surface area contributed by atoms with Crippen molar-refractivity contribution in [2.24, 2.45) is 23.7 Å². The van der Waals surface area contributed by atoms with Crippen LogP contribution in [0.15, 0.2) is 48.5 Å². The topological polar surface area (TPSA) is 18.5 Å². The minimum Gasteiger partial charge on any atom is -0.491 e. The van der Waals surface area contributed by atoms with Gasteiger partial charge in [-0.25, -0.2) is 8.78 Å². The number of hydrogen-bond acceptors (Lipinski definition) is 2. The molecule has 0 unspecified atom stereocenters. The molecule has 0 bridgehead atoms. The Kier molecular flexibility index (Phi) is 15.4. The molecule has 3 saturated carbocycles. The van der Waals surface area contributed by atoms with Crippen LogP contribution in [0.25, 0.3) is 11.1 Å². The Hall–Kier alpha value is -3.02. The molecule has 2 nitrogen and oxygen atoms in total. The van der Waals surface area contributed by atoms with Gasteiger partial charge in [-0.15, -0.1) is 0 Å². The molecule has 0 atom stereocenters. The molecular formula is C46H62F4O2. The molecule has 3 aliphatic rings. The van der Waals surface area contributed by atoms with E-state index in [1.54, 1.807) is 32.0 Å². The molecule has 6 heteroatoms. The monoisotopic (exact) mass is 722 g/mol. The van der Waals surface area contributed by atoms with Gasteiger partial charge in [0, 0.05) is 5.56 Å². The predicted molar refractivity (Wildman–Crippen MR) is 205 cm³/mol. The van der Waals surface area contributed by atoms with Crippen molar-refractivity contribution in [3.63, 3.8) is 0 Å². The fourth-order valence-corrected chi connectivity index (χ4v) is 9.54. The molecule has 3 fully saturated rings. The van der Waals surface area contributed by atoms with Crippen molar-refractivity contribution < 1.29 is 27.0 Å². The third kappa shape index (κ3) is 10.1. The zero-order chi connectivity index (χ0) is 37.0. The molecule has 3 aliphatic carbocycles. The lowest BCUT2D eigenvalue weighted by molar-refractivity contribution is 0.155. The van der Waals surface area contributed by atoms with E-state index < -0.39 is 23.3 Å². The Labute approximate surface area is 311 Å². The fraction of sp³-hybridized carbons (Fsp3) is 0.609. The van der Waals surface area contributed by atoms with Gasteiger partial charge in [-0.3, -0.25) is 0 Å². The molecule has 0 N–H and O–H groups in total. The van der Waals surface area contributed by atoms with Crippen LogP contribution in [0.5, 0.6) is 11.5 Å². The maximum Gasteiger partial charge on any atom is 0.201 e. The lowest BCUT2D eigenvalue weighted by Gasteiger charge is -2.38. The van der Waals surface area contributed by atoms with E-state index in [0.717, 1.165) is 36.5 Å². The molecule has 0 spiro atoms. The standard InChI is InChI=1S/C23H34F2O.C23H28F2O/c2*1-3-5-16-6-8-17(9-7-16)18-10-12-19(13-11-18)20-14-15-21(26-4-2)23(25)22(20)24/h14-19H,3-13H2,1-2H3;10-17H,3-9H2,1-2H3. The Balaban J connectivity index is 0.000000201. The van der Waals surface area contributed by atoms with Gasteiger partial charge in [0.2, 0.25) is 11.6 Å². The van der Waals surface area contributed by atoms with E-state index in [1.165, 1.54) is 102 Å². The Morgan fingerprint density at radius 3 is 1.46 bits per heavy atom. The Bertz CT molecular complexity index is 1510. The molecule has 6 rings (SSSR count). The van der Waals surface area contributed by atoms with E-state index in [-0.39, 0.29) is 23.0 Å². The average molecular weight is 723 g/mol. The highest BCUT2D eigenvalue weighted by atomic mass is 19.2. The van der Waals surface area contributed by atoms with Crippen LogP contribution in [0, 0.1) is 46.9 Å². The van der Waals surface area contributed by atoms with E-state index in [9.17, 15) is 17.6 Å². The van der Waals surface area contributed by atoms with Gasteiger partial charge >= 0.3 is 0 Å². The number of rotatable bonds is 12. The van der Waals surface area contributed by atoms with Crippen LogP contribution in [0.3, 0.4) is 0 Å². The minimum absolute atomic E-state index is 0.0331. The highest BCUT2D eigenvalue weighted by molar-refractivity contribution is 5.65. The van der Waals surface area contributed by atoms with Crippen molar-refractivity contribution in [2.45, 2.75) is 142 Å². The highest BCUT2D eigenvalue weighted by Crippen LogP contribution is 2.45. The summed E-state index contributed by atoms with van der Waals surface area (Å²) in [4.78, 5) is 0. The summed E-state index contributed by atoms with van der Waals surface area (Å²) in [7, 11) is 0. The fourth-order valence-electron chi connectivity index (χ4n) is 9.54. The van der Waals surface area contributed by atoms with Crippen LogP contribution in [0.4, 0.5) is 17.6 Å². The Morgan fingerprint density at radius 2 is 0.942 bits per heavy atom. The molecule has 286 valence electrons. The average Bonchev–Trinajstić information content (AvgIpc) is 3.17. The van der Waals surface area contributed by atoms with Crippen LogP contribution >= 0.6 is 0 Å². The van der Waals surface area contributed by atoms with Crippen molar-refractivity contribution in [2.75, 3.05) is 13.2 Å². The first-order valence-corrected chi connectivity index (χ1v) is 20.6. The molecule has 0 saturated heterocycles. The van der Waals surface area contributed by atoms with Gasteiger partial charge in [0.05, 0.1) is 13.2 Å². The highest BCUT2D eigenvalue weighted by Gasteiger charge is 2.32. The molecular weight excluding hydrogens is 660 g/mol. The van der Waals surface area contributed by atoms with Gasteiger partial charge in [-0.1, -0.05) is 82.7 Å². The normalized spacial score (nSPS) is 24.8. The molecule has 0 aliphatic heterocycles. The van der Waals surface area contributed by atoms with Gasteiger partial charge in [-0.05, 0) is 148 Å². The summed E-state index contributed by atoms with van der Waals surface area (Å²) in [5, 5.41) is 0. The number of halogens is 4. The molecule has 0 amide bonds. The third-order valence-electron chi connectivity index (χ3n) is 12.4. The minimum atomic E-state index is -0.914. The first-order chi connectivity index (χ1) is 25.3. The summed E-state index contributed by atoms with van der Waals surface area (Å²) in [5.41, 5.74) is 2.85. The van der Waals surface area contributed by atoms with Crippen LogP contribution in [0.2, 0.25) is 0 Å². The van der Waals surface area contributed by atoms with Crippen molar-refractivity contribution in [1.82, 2.24) is 0 Å². The van der Waals surface area contributed by atoms with Crippen molar-refractivity contribution >= 4 is 0 Å². The van der Waals surface area contributed by atoms with E-state index in [0.29, 0.717) is 30.3 Å². The zero-order valence-corrected chi connectivity index (χ0v) is 32.1. The van der Waals surface area contributed by atoms with Gasteiger partial charge in [0.1, 0.15) is 0 Å². The van der Waals surface area contributed by atoms with E-state index in [4.69, 9.17) is 9.47 Å². The summed E-state index contributed by atoms with van der Waals surface area (Å²) < 4.78 is 67.4. The van der Waals surface area contributed by atoms with E-state index in [1.807, 2.05) is 12.1 Å². The molecule has 0 heterocycles. The van der Waals surface area contributed by atoms with Crippen molar-refractivity contribution in [3.05, 3.63) is 82.9 Å². The summed E-state index contributed by atoms with van der Waals surface area (Å²) in [5.74, 6) is 0.986. The van der Waals surface area contributed by atoms with Gasteiger partial charge < -0.3 is 9.47 Å². The van der Waals surface area contributed by atoms with E-state index >= 15 is 0 Å². The molecule has 52 heavy (non-hydrogen) atoms. The second-order valence-electron chi connectivity index (χ2n) is 15.7. The quantitative estimate of drug-likeness (QED) is 0.173. The van der Waals surface area contributed by atoms with Crippen LogP contribution in [-0.4, -0.2) is 13.2 Å². The van der Waals surface area contributed by atoms with Crippen molar-refractivity contribution in [1.29, 1.82) is 0 Å². The second kappa shape index (κ2) is 19.9. The predicted octanol–water partition coefficient (Wildman–Crippen LogP) is 14.3. The van der Waals surface area contributed by atoms with Gasteiger partial charge in [-0.2, -0.15) is 8.78 Å². The summed E-state index contributed by atoms with van der Waals surface area (Å²) in [6.07, 6.45) is 20.3. The van der Waals surface area contributed by atoms with Crippen LogP contribution in [0.1, 0.15) is 153 Å². The summed E-state index contributed by atoms with van der Waals surface area (Å²) in [6.45, 7) is 8.73. The van der Waals surface area contributed by atoms with Crippen LogP contribution < -0.4 is 9.47 Å². The largest absolute Gasteiger partial charge is 0.491 e. The summed E-state index contributed by atoms with van der Waals surface area (Å²) >= 11 is 0. The Morgan fingerprint density at radius 1 is 0.481 bits per heavy atom. The lowest BCUT2D eigenvalue weighted by atomic mass is 9.68. The van der Waals surface area contributed by atoms with E-state index in [2.05, 4.69) is 26.0 Å². The van der Waals surface area contributed by atoms with Crippen molar-refractivity contribution in [3.8, 4) is 22.6 Å².